The van der Waals surface area contributed by atoms with Crippen molar-refractivity contribution >= 4 is 21.6 Å². The molecule has 54 valence electrons. The molecule has 0 unspecified atom stereocenters. The second-order valence-corrected chi connectivity index (χ2v) is 2.44. The van der Waals surface area contributed by atoms with Gasteiger partial charge in [-0.05, 0) is 28.1 Å². The lowest BCUT2D eigenvalue weighted by Gasteiger charge is -2.01. The SMILES string of the molecule is [2H]C([2H])([2H])Oc1nc(Br)ccc1N. The number of nitrogen functional groups attached to an aromatic ring is 1. The van der Waals surface area contributed by atoms with E-state index in [-0.39, 0.29) is 11.6 Å². The van der Waals surface area contributed by atoms with Gasteiger partial charge in [0.25, 0.3) is 0 Å². The van der Waals surface area contributed by atoms with E-state index in [2.05, 4.69) is 25.7 Å². The normalized spacial score (nSPS) is 15.1. The molecule has 0 atom stereocenters. The molecule has 10 heavy (non-hydrogen) atoms. The first-order valence-corrected chi connectivity index (χ1v) is 3.29. The number of aromatic nitrogens is 1. The molecule has 1 rings (SSSR count). The van der Waals surface area contributed by atoms with E-state index in [0.29, 0.717) is 4.60 Å². The molecule has 3 nitrogen and oxygen atoms in total. The van der Waals surface area contributed by atoms with Crippen molar-refractivity contribution in [1.82, 2.24) is 4.98 Å². The summed E-state index contributed by atoms with van der Waals surface area (Å²) in [5, 5.41) is 0. The van der Waals surface area contributed by atoms with Crippen LogP contribution in [0.3, 0.4) is 0 Å². The van der Waals surface area contributed by atoms with Gasteiger partial charge in [0, 0.05) is 0 Å². The second kappa shape index (κ2) is 2.88. The topological polar surface area (TPSA) is 48.1 Å². The molecule has 0 spiro atoms. The van der Waals surface area contributed by atoms with Crippen LogP contribution < -0.4 is 10.5 Å². The molecular formula is C6H7BrN2O. The summed E-state index contributed by atoms with van der Waals surface area (Å²) in [4.78, 5) is 3.77. The lowest BCUT2D eigenvalue weighted by Crippen LogP contribution is -1.94. The minimum atomic E-state index is -2.53. The Balaban J connectivity index is 2.94. The van der Waals surface area contributed by atoms with Gasteiger partial charge < -0.3 is 10.5 Å². The number of anilines is 1. The zero-order chi connectivity index (χ0) is 10.1. The highest BCUT2D eigenvalue weighted by Crippen LogP contribution is 2.19. The molecule has 4 heteroatoms. The Labute approximate surface area is 71.6 Å². The first kappa shape index (κ1) is 4.18. The van der Waals surface area contributed by atoms with E-state index in [1.165, 1.54) is 6.07 Å². The number of pyridine rings is 1. The zero-order valence-corrected chi connectivity index (χ0v) is 6.55. The molecule has 2 N–H and O–H groups in total. The van der Waals surface area contributed by atoms with Gasteiger partial charge in [0.2, 0.25) is 5.88 Å². The van der Waals surface area contributed by atoms with Crippen molar-refractivity contribution in [3.63, 3.8) is 0 Å². The van der Waals surface area contributed by atoms with Gasteiger partial charge in [0.05, 0.1) is 16.8 Å². The van der Waals surface area contributed by atoms with Gasteiger partial charge in [-0.25, -0.2) is 4.98 Å². The third-order valence-corrected chi connectivity index (χ3v) is 1.39. The van der Waals surface area contributed by atoms with Gasteiger partial charge in [-0.2, -0.15) is 0 Å². The van der Waals surface area contributed by atoms with E-state index in [1.54, 1.807) is 6.07 Å². The van der Waals surface area contributed by atoms with Gasteiger partial charge in [-0.1, -0.05) is 0 Å². The van der Waals surface area contributed by atoms with Crippen LogP contribution >= 0.6 is 15.9 Å². The number of ether oxygens (including phenoxy) is 1. The molecule has 0 fully saturated rings. The Bertz CT molecular complexity index is 315. The molecule has 0 radical (unpaired) electrons. The predicted molar refractivity (Wildman–Crippen MR) is 42.9 cm³/mol. The maximum Gasteiger partial charge on any atom is 0.237 e. The number of nitrogens with two attached hydrogens (primary N) is 1. The molecule has 0 aliphatic rings. The fraction of sp³-hybridized carbons (Fsp3) is 0.167. The van der Waals surface area contributed by atoms with Crippen molar-refractivity contribution in [2.24, 2.45) is 0 Å². The highest BCUT2D eigenvalue weighted by Gasteiger charge is 1.98. The van der Waals surface area contributed by atoms with E-state index in [0.717, 1.165) is 0 Å². The summed E-state index contributed by atoms with van der Waals surface area (Å²) < 4.78 is 25.5. The molecule has 0 bridgehead atoms. The molecule has 1 aromatic rings. The van der Waals surface area contributed by atoms with Crippen LogP contribution in [0.2, 0.25) is 0 Å². The summed E-state index contributed by atoms with van der Waals surface area (Å²) >= 11 is 3.07. The molecule has 0 saturated heterocycles. The smallest absolute Gasteiger partial charge is 0.237 e. The Hall–Kier alpha value is -0.770. The van der Waals surface area contributed by atoms with Crippen LogP contribution in [0.1, 0.15) is 4.11 Å². The maximum absolute atomic E-state index is 6.84. The fourth-order valence-electron chi connectivity index (χ4n) is 0.510. The molecule has 0 amide bonds. The summed E-state index contributed by atoms with van der Waals surface area (Å²) in [5.41, 5.74) is 5.63. The summed E-state index contributed by atoms with van der Waals surface area (Å²) in [6.45, 7) is 0. The Morgan fingerprint density at radius 2 is 2.60 bits per heavy atom. The predicted octanol–water partition coefficient (Wildman–Crippen LogP) is 1.43. The van der Waals surface area contributed by atoms with E-state index < -0.39 is 7.04 Å². The summed E-state index contributed by atoms with van der Waals surface area (Å²) in [6.07, 6.45) is 0. The fourth-order valence-corrected chi connectivity index (χ4v) is 0.804. The lowest BCUT2D eigenvalue weighted by molar-refractivity contribution is 0.399. The molecule has 0 saturated carbocycles. The van der Waals surface area contributed by atoms with Crippen molar-refractivity contribution in [3.8, 4) is 5.88 Å². The minimum absolute atomic E-state index is 0.0885. The van der Waals surface area contributed by atoms with Crippen LogP contribution in [0.15, 0.2) is 16.7 Å². The number of hydrogen-bond acceptors (Lipinski definition) is 3. The standard InChI is InChI=1S/C6H7BrN2O/c1-10-6-4(8)2-3-5(7)9-6/h2-3H,8H2,1H3/i1D3. The summed E-state index contributed by atoms with van der Waals surface area (Å²) in [6, 6.07) is 3.11. The zero-order valence-electron chi connectivity index (χ0n) is 7.97. The third kappa shape index (κ3) is 1.39. The summed E-state index contributed by atoms with van der Waals surface area (Å²) in [5.74, 6) is -0.0885. The van der Waals surface area contributed by atoms with E-state index in [9.17, 15) is 0 Å². The molecule has 0 aliphatic carbocycles. The first-order valence-electron chi connectivity index (χ1n) is 3.99. The van der Waals surface area contributed by atoms with Crippen molar-refractivity contribution in [3.05, 3.63) is 16.7 Å². The second-order valence-electron chi connectivity index (χ2n) is 1.63. The highest BCUT2D eigenvalue weighted by molar-refractivity contribution is 9.10. The monoisotopic (exact) mass is 205 g/mol. The number of methoxy groups -OCH3 is 1. The molecule has 0 aliphatic heterocycles. The maximum atomic E-state index is 6.84. The lowest BCUT2D eigenvalue weighted by atomic mass is 10.4. The first-order chi connectivity index (χ1) is 5.88. The van der Waals surface area contributed by atoms with Gasteiger partial charge >= 0.3 is 0 Å². The van der Waals surface area contributed by atoms with Crippen LogP contribution in [-0.4, -0.2) is 12.0 Å². The van der Waals surface area contributed by atoms with Crippen LogP contribution in [0.4, 0.5) is 5.69 Å². The van der Waals surface area contributed by atoms with E-state index >= 15 is 0 Å². The van der Waals surface area contributed by atoms with Crippen LogP contribution in [0.25, 0.3) is 0 Å². The molecular weight excluding hydrogens is 196 g/mol. The average Bonchev–Trinajstić information content (AvgIpc) is 1.94. The number of rotatable bonds is 1. The Morgan fingerprint density at radius 1 is 1.80 bits per heavy atom. The molecule has 1 aromatic heterocycles. The van der Waals surface area contributed by atoms with E-state index in [4.69, 9.17) is 9.85 Å². The van der Waals surface area contributed by atoms with Crippen LogP contribution in [0.5, 0.6) is 5.88 Å². The quantitative estimate of drug-likeness (QED) is 0.707. The number of halogens is 1. The molecule has 0 aromatic carbocycles. The Morgan fingerprint density at radius 3 is 3.30 bits per heavy atom. The van der Waals surface area contributed by atoms with Crippen molar-refractivity contribution in [2.45, 2.75) is 0 Å². The van der Waals surface area contributed by atoms with E-state index in [1.807, 2.05) is 0 Å². The summed E-state index contributed by atoms with van der Waals surface area (Å²) in [7, 11) is -2.53. The van der Waals surface area contributed by atoms with Crippen molar-refractivity contribution in [2.75, 3.05) is 12.8 Å². The van der Waals surface area contributed by atoms with Crippen molar-refractivity contribution < 1.29 is 8.85 Å². The average molecular weight is 206 g/mol. The highest BCUT2D eigenvalue weighted by atomic mass is 79.9. The van der Waals surface area contributed by atoms with Crippen molar-refractivity contribution in [1.29, 1.82) is 0 Å². The number of nitrogens with zero attached hydrogens (tertiary/aromatic N) is 1. The van der Waals surface area contributed by atoms with Gasteiger partial charge in [0.15, 0.2) is 0 Å². The van der Waals surface area contributed by atoms with Crippen LogP contribution in [0, 0.1) is 0 Å². The Kier molecular flexibility index (Phi) is 1.20. The molecule has 1 heterocycles. The van der Waals surface area contributed by atoms with Crippen LogP contribution in [-0.2, 0) is 0 Å². The van der Waals surface area contributed by atoms with Gasteiger partial charge in [-0.15, -0.1) is 0 Å². The van der Waals surface area contributed by atoms with Gasteiger partial charge in [-0.3, -0.25) is 0 Å². The largest absolute Gasteiger partial charge is 0.480 e. The van der Waals surface area contributed by atoms with Gasteiger partial charge in [0.1, 0.15) is 4.60 Å². The minimum Gasteiger partial charge on any atom is -0.480 e. The third-order valence-electron chi connectivity index (χ3n) is 0.952. The number of hydrogen-bond donors (Lipinski definition) is 1.